The van der Waals surface area contributed by atoms with Crippen molar-refractivity contribution in [1.82, 2.24) is 4.98 Å². The minimum atomic E-state index is -1.37. The second-order valence-electron chi connectivity index (χ2n) is 2.25. The summed E-state index contributed by atoms with van der Waals surface area (Å²) in [6, 6.07) is 1.63. The van der Waals surface area contributed by atoms with E-state index < -0.39 is 28.8 Å². The first-order valence-electron chi connectivity index (χ1n) is 3.21. The van der Waals surface area contributed by atoms with Crippen LogP contribution in [0.1, 0.15) is 21.0 Å². The van der Waals surface area contributed by atoms with Crippen molar-refractivity contribution < 1.29 is 19.8 Å². The van der Waals surface area contributed by atoms with Gasteiger partial charge in [-0.1, -0.05) is 0 Å². The molecule has 0 amide bonds. The van der Waals surface area contributed by atoms with Gasteiger partial charge in [-0.25, -0.2) is 9.59 Å². The number of aromatic nitrogens is 1. The molecule has 1 aromatic rings. The molecule has 0 radical (unpaired) electrons. The Labute approximate surface area is 71.5 Å². The molecule has 0 spiro atoms. The van der Waals surface area contributed by atoms with Gasteiger partial charge in [0.05, 0.1) is 0 Å². The smallest absolute Gasteiger partial charge is 0.352 e. The fourth-order valence-corrected chi connectivity index (χ4v) is 0.774. The SMILES string of the molecule is O=C(O)c1cc(=O)cc(C(=O)O)[14nH]1. The highest BCUT2D eigenvalue weighted by atomic mass is 16.4. The van der Waals surface area contributed by atoms with Crippen LogP contribution < -0.4 is 5.43 Å². The highest BCUT2D eigenvalue weighted by molar-refractivity contribution is 5.89. The van der Waals surface area contributed by atoms with Crippen LogP contribution >= 0.6 is 0 Å². The topological polar surface area (TPSA) is 107 Å². The maximum atomic E-state index is 10.8. The van der Waals surface area contributed by atoms with Crippen LogP contribution in [0, 0.1) is 0 Å². The van der Waals surface area contributed by atoms with Gasteiger partial charge in [-0.3, -0.25) is 4.79 Å². The first-order valence-corrected chi connectivity index (χ1v) is 3.21. The largest absolute Gasteiger partial charge is 0.477 e. The van der Waals surface area contributed by atoms with Crippen molar-refractivity contribution in [1.29, 1.82) is 0 Å². The van der Waals surface area contributed by atoms with Crippen LogP contribution in [0.25, 0.3) is 0 Å². The molecule has 13 heavy (non-hydrogen) atoms. The van der Waals surface area contributed by atoms with E-state index >= 15 is 0 Å². The average molecular weight is 183 g/mol. The molecule has 68 valence electrons. The van der Waals surface area contributed by atoms with Crippen LogP contribution in [-0.4, -0.2) is 27.1 Å². The summed E-state index contributed by atoms with van der Waals surface area (Å²) in [5.74, 6) is -2.75. The number of nitrogens with one attached hydrogen (secondary N) is 1. The van der Waals surface area contributed by atoms with E-state index in [9.17, 15) is 14.4 Å². The molecular weight excluding hydrogens is 178 g/mol. The lowest BCUT2D eigenvalue weighted by molar-refractivity contribution is 0.0685. The van der Waals surface area contributed by atoms with Gasteiger partial charge in [0.2, 0.25) is 0 Å². The number of aromatic amines is 1. The highest BCUT2D eigenvalue weighted by Gasteiger charge is 2.09. The van der Waals surface area contributed by atoms with Gasteiger partial charge < -0.3 is 15.2 Å². The minimum Gasteiger partial charge on any atom is -0.477 e. The number of hydrogen-bond acceptors (Lipinski definition) is 3. The molecular formula is C7H5NO5. The fraction of sp³-hybridized carbons (Fsp3) is 0. The van der Waals surface area contributed by atoms with Crippen LogP contribution in [0.3, 0.4) is 0 Å². The Balaban J connectivity index is 3.35. The summed E-state index contributed by atoms with van der Waals surface area (Å²) >= 11 is 0. The van der Waals surface area contributed by atoms with E-state index in [1.54, 1.807) is 0 Å². The van der Waals surface area contributed by atoms with Gasteiger partial charge in [-0.05, 0) is 0 Å². The summed E-state index contributed by atoms with van der Waals surface area (Å²) in [7, 11) is 0. The molecule has 0 saturated heterocycles. The lowest BCUT2D eigenvalue weighted by atomic mass is 10.3. The van der Waals surface area contributed by atoms with Crippen LogP contribution in [0.2, 0.25) is 0 Å². The Morgan fingerprint density at radius 2 is 1.46 bits per heavy atom. The monoisotopic (exact) mass is 183 g/mol. The Morgan fingerprint density at radius 3 is 1.77 bits per heavy atom. The molecule has 6 nitrogen and oxygen atoms in total. The Hall–Kier alpha value is -2.11. The number of carboxylic acid groups (broad SMARTS) is 2. The van der Waals surface area contributed by atoms with E-state index in [0.717, 1.165) is 12.1 Å². The lowest BCUT2D eigenvalue weighted by Crippen LogP contribution is -2.13. The zero-order valence-electron chi connectivity index (χ0n) is 6.27. The molecule has 0 aliphatic carbocycles. The quantitative estimate of drug-likeness (QED) is 0.587. The number of aromatic carboxylic acids is 2. The molecule has 6 heteroatoms. The molecule has 1 heterocycles. The summed E-state index contributed by atoms with van der Waals surface area (Å²) in [4.78, 5) is 33.6. The molecule has 0 fully saturated rings. The first-order chi connectivity index (χ1) is 6.00. The summed E-state index contributed by atoms with van der Waals surface area (Å²) in [5.41, 5.74) is -1.54. The maximum Gasteiger partial charge on any atom is 0.352 e. The predicted molar refractivity (Wildman–Crippen MR) is 41.0 cm³/mol. The molecule has 0 aromatic carbocycles. The van der Waals surface area contributed by atoms with Gasteiger partial charge in [0.1, 0.15) is 11.4 Å². The van der Waals surface area contributed by atoms with Gasteiger partial charge in [0.15, 0.2) is 5.43 Å². The van der Waals surface area contributed by atoms with Crippen molar-refractivity contribution in [3.8, 4) is 0 Å². The van der Waals surface area contributed by atoms with E-state index in [2.05, 4.69) is 4.98 Å². The standard InChI is InChI=1S/C7H5NO5/c9-3-1-4(6(10)11)8-5(2-3)7(12)13/h1-2H,(H,8,9)(H,10,11)(H,12,13)/i8+0. The molecule has 0 aliphatic heterocycles. The Bertz CT molecular complexity index is 384. The van der Waals surface area contributed by atoms with Gasteiger partial charge >= 0.3 is 11.9 Å². The molecule has 0 saturated carbocycles. The van der Waals surface area contributed by atoms with Crippen molar-refractivity contribution in [2.75, 3.05) is 0 Å². The normalized spacial score (nSPS) is 9.54. The van der Waals surface area contributed by atoms with Crippen LogP contribution in [0.5, 0.6) is 0 Å². The zero-order valence-corrected chi connectivity index (χ0v) is 6.27. The molecule has 3 N–H and O–H groups in total. The third-order valence-corrected chi connectivity index (χ3v) is 1.30. The molecule has 1 aromatic heterocycles. The van der Waals surface area contributed by atoms with E-state index in [1.807, 2.05) is 0 Å². The molecule has 0 bridgehead atoms. The average Bonchev–Trinajstić information content (AvgIpc) is 2.03. The van der Waals surface area contributed by atoms with Gasteiger partial charge in [-0.2, -0.15) is 0 Å². The van der Waals surface area contributed by atoms with Crippen molar-refractivity contribution in [3.63, 3.8) is 0 Å². The molecule has 0 unspecified atom stereocenters. The van der Waals surface area contributed by atoms with Gasteiger partial charge in [-0.15, -0.1) is 0 Å². The zero-order chi connectivity index (χ0) is 10.0. The second-order valence-corrected chi connectivity index (χ2v) is 2.25. The van der Waals surface area contributed by atoms with Crippen LogP contribution in [0.15, 0.2) is 16.9 Å². The summed E-state index contributed by atoms with van der Waals surface area (Å²) in [5, 5.41) is 16.9. The fourth-order valence-electron chi connectivity index (χ4n) is 0.774. The van der Waals surface area contributed by atoms with E-state index in [1.165, 1.54) is 0 Å². The molecule has 1 rings (SSSR count). The summed E-state index contributed by atoms with van der Waals surface area (Å²) in [6.07, 6.45) is 0. The van der Waals surface area contributed by atoms with Crippen molar-refractivity contribution in [2.45, 2.75) is 0 Å². The van der Waals surface area contributed by atoms with Crippen LogP contribution in [-0.2, 0) is 0 Å². The third-order valence-electron chi connectivity index (χ3n) is 1.30. The van der Waals surface area contributed by atoms with Crippen molar-refractivity contribution in [3.05, 3.63) is 33.7 Å². The minimum absolute atomic E-state index is 0.440. The van der Waals surface area contributed by atoms with Gasteiger partial charge in [0, 0.05) is 12.1 Å². The highest BCUT2D eigenvalue weighted by Crippen LogP contribution is 1.94. The maximum absolute atomic E-state index is 10.8. The first kappa shape index (κ1) is 8.98. The number of carboxylic acids is 2. The van der Waals surface area contributed by atoms with Crippen LogP contribution in [0.4, 0.5) is 0 Å². The van der Waals surface area contributed by atoms with E-state index in [-0.39, 0.29) is 0 Å². The van der Waals surface area contributed by atoms with E-state index in [0.29, 0.717) is 0 Å². The number of rotatable bonds is 2. The third kappa shape index (κ3) is 1.92. The number of hydrogen-bond donors (Lipinski definition) is 3. The molecule has 0 aliphatic rings. The lowest BCUT2D eigenvalue weighted by Gasteiger charge is -1.96. The Morgan fingerprint density at radius 1 is 1.08 bits per heavy atom. The van der Waals surface area contributed by atoms with Crippen molar-refractivity contribution in [2.24, 2.45) is 0 Å². The number of H-pyrrole nitrogens is 1. The Kier molecular flexibility index (Phi) is 2.14. The predicted octanol–water partition coefficient (Wildman–Crippen LogP) is -0.229. The number of carbonyl (C=O) groups is 2. The molecule has 0 atom stereocenters. The van der Waals surface area contributed by atoms with E-state index in [4.69, 9.17) is 10.2 Å². The summed E-state index contributed by atoms with van der Waals surface area (Å²) in [6.45, 7) is 0. The summed E-state index contributed by atoms with van der Waals surface area (Å²) < 4.78 is 0. The number of pyridine rings is 1. The van der Waals surface area contributed by atoms with Gasteiger partial charge in [0.25, 0.3) is 0 Å². The van der Waals surface area contributed by atoms with Crippen molar-refractivity contribution >= 4 is 11.9 Å². The second kappa shape index (κ2) is 3.10.